The maximum atomic E-state index is 6.49. The summed E-state index contributed by atoms with van der Waals surface area (Å²) in [7, 11) is 0. The van der Waals surface area contributed by atoms with Crippen molar-refractivity contribution in [3.8, 4) is 0 Å². The Morgan fingerprint density at radius 2 is 2.17 bits per heavy atom. The molecule has 0 aliphatic carbocycles. The van der Waals surface area contributed by atoms with Gasteiger partial charge in [0.25, 0.3) is 0 Å². The van der Waals surface area contributed by atoms with Crippen LogP contribution in [0, 0.1) is 6.92 Å². The fraction of sp³-hybridized carbons (Fsp3) is 0.700. The first-order valence-electron chi connectivity index (χ1n) is 9.33. The second-order valence-electron chi connectivity index (χ2n) is 7.64. The van der Waals surface area contributed by atoms with E-state index in [1.165, 1.54) is 11.1 Å². The molecule has 1 spiro atoms. The molecule has 0 saturated carbocycles. The summed E-state index contributed by atoms with van der Waals surface area (Å²) < 4.78 is 12.4. The minimum absolute atomic E-state index is 0.101. The van der Waals surface area contributed by atoms with Crippen LogP contribution in [0.25, 0.3) is 0 Å². The molecular weight excluding hydrogens is 300 g/mol. The summed E-state index contributed by atoms with van der Waals surface area (Å²) >= 11 is 0. The van der Waals surface area contributed by atoms with E-state index in [0.29, 0.717) is 12.1 Å². The Hall–Kier alpha value is -0.940. The number of ether oxygens (including phenoxy) is 2. The first-order chi connectivity index (χ1) is 11.6. The lowest BCUT2D eigenvalue weighted by Gasteiger charge is -2.34. The zero-order chi connectivity index (χ0) is 17.0. The van der Waals surface area contributed by atoms with Crippen molar-refractivity contribution in [3.63, 3.8) is 0 Å². The van der Waals surface area contributed by atoms with Crippen LogP contribution in [0.2, 0.25) is 0 Å². The summed E-state index contributed by atoms with van der Waals surface area (Å²) in [6.45, 7) is 12.1. The molecule has 2 fully saturated rings. The second kappa shape index (κ2) is 7.96. The molecule has 0 aromatic heterocycles. The Morgan fingerprint density at radius 3 is 2.96 bits per heavy atom. The van der Waals surface area contributed by atoms with Gasteiger partial charge >= 0.3 is 0 Å². The number of nitrogens with one attached hydrogen (secondary N) is 1. The highest BCUT2D eigenvalue weighted by Gasteiger charge is 2.43. The van der Waals surface area contributed by atoms with Crippen LogP contribution in [-0.4, -0.2) is 55.5 Å². The molecule has 4 nitrogen and oxygen atoms in total. The van der Waals surface area contributed by atoms with E-state index in [2.05, 4.69) is 55.3 Å². The third-order valence-corrected chi connectivity index (χ3v) is 5.40. The molecule has 0 amide bonds. The first-order valence-corrected chi connectivity index (χ1v) is 9.33. The zero-order valence-electron chi connectivity index (χ0n) is 15.4. The molecule has 3 rings (SSSR count). The van der Waals surface area contributed by atoms with Gasteiger partial charge in [0.15, 0.2) is 0 Å². The lowest BCUT2D eigenvalue weighted by molar-refractivity contribution is -0.0866. The van der Waals surface area contributed by atoms with Gasteiger partial charge in [0.2, 0.25) is 0 Å². The van der Waals surface area contributed by atoms with Crippen molar-refractivity contribution in [1.29, 1.82) is 0 Å². The number of hydrogen-bond donors (Lipinski definition) is 1. The van der Waals surface area contributed by atoms with Gasteiger partial charge in [-0.05, 0) is 44.7 Å². The van der Waals surface area contributed by atoms with Gasteiger partial charge in [-0.15, -0.1) is 0 Å². The van der Waals surface area contributed by atoms with E-state index in [1.807, 2.05) is 0 Å². The fourth-order valence-electron chi connectivity index (χ4n) is 3.81. The van der Waals surface area contributed by atoms with E-state index < -0.39 is 0 Å². The molecule has 2 saturated heterocycles. The monoisotopic (exact) mass is 332 g/mol. The van der Waals surface area contributed by atoms with Crippen molar-refractivity contribution in [2.24, 2.45) is 0 Å². The Kier molecular flexibility index (Phi) is 5.93. The van der Waals surface area contributed by atoms with Crippen LogP contribution in [0.3, 0.4) is 0 Å². The third kappa shape index (κ3) is 4.37. The minimum Gasteiger partial charge on any atom is -0.377 e. The summed E-state index contributed by atoms with van der Waals surface area (Å²) in [4.78, 5) is 2.50. The third-order valence-electron chi connectivity index (χ3n) is 5.40. The maximum absolute atomic E-state index is 6.49. The zero-order valence-corrected chi connectivity index (χ0v) is 15.4. The molecule has 134 valence electrons. The first kappa shape index (κ1) is 17.9. The van der Waals surface area contributed by atoms with Crippen LogP contribution >= 0.6 is 0 Å². The molecule has 0 bridgehead atoms. The van der Waals surface area contributed by atoms with E-state index in [-0.39, 0.29) is 5.60 Å². The van der Waals surface area contributed by atoms with Gasteiger partial charge in [-0.25, -0.2) is 0 Å². The van der Waals surface area contributed by atoms with Crippen molar-refractivity contribution in [2.75, 3.05) is 32.8 Å². The molecule has 1 aromatic carbocycles. The van der Waals surface area contributed by atoms with E-state index in [9.17, 15) is 0 Å². The highest BCUT2D eigenvalue weighted by Crippen LogP contribution is 2.33. The van der Waals surface area contributed by atoms with Gasteiger partial charge in [-0.2, -0.15) is 0 Å². The normalized spacial score (nSPS) is 28.6. The summed E-state index contributed by atoms with van der Waals surface area (Å²) in [5.74, 6) is 0. The minimum atomic E-state index is -0.101. The van der Waals surface area contributed by atoms with E-state index in [4.69, 9.17) is 9.47 Å². The van der Waals surface area contributed by atoms with Crippen LogP contribution in [0.4, 0.5) is 0 Å². The molecule has 4 heteroatoms. The predicted octanol–water partition coefficient (Wildman–Crippen LogP) is 2.74. The lowest BCUT2D eigenvalue weighted by Crippen LogP contribution is -2.47. The van der Waals surface area contributed by atoms with E-state index >= 15 is 0 Å². The van der Waals surface area contributed by atoms with E-state index in [1.54, 1.807) is 0 Å². The SMILES string of the molecule is Cc1ccccc1CNC[C@@H]1CC[C@]2(COCCN(C(C)C)C2)O1. The number of nitrogens with zero attached hydrogens (tertiary/aromatic N) is 1. The van der Waals surface area contributed by atoms with Crippen molar-refractivity contribution >= 4 is 0 Å². The van der Waals surface area contributed by atoms with Crippen LogP contribution in [0.1, 0.15) is 37.8 Å². The molecule has 2 aliphatic rings. The quantitative estimate of drug-likeness (QED) is 0.899. The van der Waals surface area contributed by atoms with Crippen molar-refractivity contribution < 1.29 is 9.47 Å². The molecule has 2 heterocycles. The average molecular weight is 332 g/mol. The number of rotatable bonds is 5. The number of hydrogen-bond acceptors (Lipinski definition) is 4. The Morgan fingerprint density at radius 1 is 1.33 bits per heavy atom. The molecular formula is C20H32N2O2. The van der Waals surface area contributed by atoms with Crippen LogP contribution < -0.4 is 5.32 Å². The summed E-state index contributed by atoms with van der Waals surface area (Å²) in [5, 5.41) is 3.58. The number of benzene rings is 1. The average Bonchev–Trinajstić information content (AvgIpc) is 2.82. The molecule has 24 heavy (non-hydrogen) atoms. The summed E-state index contributed by atoms with van der Waals surface area (Å²) in [6.07, 6.45) is 2.52. The highest BCUT2D eigenvalue weighted by molar-refractivity contribution is 5.25. The van der Waals surface area contributed by atoms with Crippen molar-refractivity contribution in [1.82, 2.24) is 10.2 Å². The van der Waals surface area contributed by atoms with Gasteiger partial charge in [-0.1, -0.05) is 24.3 Å². The maximum Gasteiger partial charge on any atom is 0.105 e. The van der Waals surface area contributed by atoms with Gasteiger partial charge in [0, 0.05) is 32.2 Å². The molecule has 1 aromatic rings. The largest absolute Gasteiger partial charge is 0.377 e. The van der Waals surface area contributed by atoms with Gasteiger partial charge < -0.3 is 14.8 Å². The Balaban J connectivity index is 1.50. The van der Waals surface area contributed by atoms with Crippen molar-refractivity contribution in [2.45, 2.75) is 57.9 Å². The molecule has 2 atom stereocenters. The smallest absolute Gasteiger partial charge is 0.105 e. The fourth-order valence-corrected chi connectivity index (χ4v) is 3.81. The molecule has 0 radical (unpaired) electrons. The molecule has 0 unspecified atom stereocenters. The number of aryl methyl sites for hydroxylation is 1. The van der Waals surface area contributed by atoms with E-state index in [0.717, 1.165) is 52.2 Å². The van der Waals surface area contributed by atoms with Gasteiger partial charge in [0.05, 0.1) is 19.3 Å². The second-order valence-corrected chi connectivity index (χ2v) is 7.64. The lowest BCUT2D eigenvalue weighted by atomic mass is 9.99. The van der Waals surface area contributed by atoms with Crippen LogP contribution in [0.5, 0.6) is 0 Å². The molecule has 2 aliphatic heterocycles. The summed E-state index contributed by atoms with van der Waals surface area (Å²) in [6, 6.07) is 9.11. The van der Waals surface area contributed by atoms with Gasteiger partial charge in [0.1, 0.15) is 5.60 Å². The standard InChI is InChI=1S/C20H32N2O2/c1-16(2)22-10-11-23-15-20(14-22)9-8-19(24-20)13-21-12-18-7-5-4-6-17(18)3/h4-7,16,19,21H,8-15H2,1-3H3/t19-,20-/m0/s1. The van der Waals surface area contributed by atoms with Crippen LogP contribution in [0.15, 0.2) is 24.3 Å². The predicted molar refractivity (Wildman–Crippen MR) is 97.3 cm³/mol. The van der Waals surface area contributed by atoms with Gasteiger partial charge in [-0.3, -0.25) is 4.90 Å². The Bertz CT molecular complexity index is 534. The van der Waals surface area contributed by atoms with Crippen molar-refractivity contribution in [3.05, 3.63) is 35.4 Å². The summed E-state index contributed by atoms with van der Waals surface area (Å²) in [5.41, 5.74) is 2.61. The molecule has 1 N–H and O–H groups in total. The Labute approximate surface area is 146 Å². The topological polar surface area (TPSA) is 33.7 Å². The van der Waals surface area contributed by atoms with Crippen LogP contribution in [-0.2, 0) is 16.0 Å². The highest BCUT2D eigenvalue weighted by atomic mass is 16.6.